The Morgan fingerprint density at radius 1 is 1.35 bits per heavy atom. The Balaban J connectivity index is 1.80. The number of nitrogens with zero attached hydrogens (tertiary/aromatic N) is 1. The van der Waals surface area contributed by atoms with Gasteiger partial charge in [0.2, 0.25) is 5.91 Å². The smallest absolute Gasteiger partial charge is 0.223 e. The molecule has 1 amide bonds. The van der Waals surface area contributed by atoms with Gasteiger partial charge >= 0.3 is 0 Å². The van der Waals surface area contributed by atoms with Crippen molar-refractivity contribution in [1.29, 1.82) is 0 Å². The molecule has 0 atom stereocenters. The van der Waals surface area contributed by atoms with Crippen LogP contribution in [0.3, 0.4) is 0 Å². The van der Waals surface area contributed by atoms with Gasteiger partial charge in [-0.25, -0.2) is 0 Å². The maximum Gasteiger partial charge on any atom is 0.223 e. The van der Waals surface area contributed by atoms with Gasteiger partial charge in [-0.05, 0) is 43.6 Å². The van der Waals surface area contributed by atoms with Gasteiger partial charge in [0.05, 0.1) is 0 Å². The summed E-state index contributed by atoms with van der Waals surface area (Å²) >= 11 is 0. The summed E-state index contributed by atoms with van der Waals surface area (Å²) in [5.74, 6) is 0.665. The lowest BCUT2D eigenvalue weighted by Gasteiger charge is -2.42. The predicted molar refractivity (Wildman–Crippen MR) is 66.3 cm³/mol. The Labute approximate surface area is 103 Å². The van der Waals surface area contributed by atoms with Crippen LogP contribution in [0.25, 0.3) is 0 Å². The molecule has 0 radical (unpaired) electrons. The van der Waals surface area contributed by atoms with Crippen molar-refractivity contribution in [3.8, 4) is 0 Å². The van der Waals surface area contributed by atoms with Crippen molar-refractivity contribution in [3.05, 3.63) is 0 Å². The van der Waals surface area contributed by atoms with Crippen LogP contribution < -0.4 is 5.73 Å². The third-order valence-electron chi connectivity index (χ3n) is 4.60. The molecule has 2 aliphatic rings. The lowest BCUT2D eigenvalue weighted by atomic mass is 9.66. The summed E-state index contributed by atoms with van der Waals surface area (Å²) in [7, 11) is 0. The number of aliphatic hydroxyl groups excluding tert-OH is 1. The van der Waals surface area contributed by atoms with Gasteiger partial charge in [-0.2, -0.15) is 0 Å². The summed E-state index contributed by atoms with van der Waals surface area (Å²) in [4.78, 5) is 14.1. The molecule has 1 saturated carbocycles. The van der Waals surface area contributed by atoms with E-state index in [1.807, 2.05) is 4.90 Å². The topological polar surface area (TPSA) is 66.6 Å². The molecule has 0 bridgehead atoms. The minimum atomic E-state index is 0.116. The van der Waals surface area contributed by atoms with Gasteiger partial charge in [0.25, 0.3) is 0 Å². The molecule has 1 heterocycles. The van der Waals surface area contributed by atoms with Crippen LogP contribution in [0.4, 0.5) is 0 Å². The molecule has 4 heteroatoms. The van der Waals surface area contributed by atoms with E-state index in [4.69, 9.17) is 10.8 Å². The standard InChI is InChI=1S/C13H24N2O2/c14-10-13(4-1-5-13)8-12(17)15-6-2-11(9-16)3-7-15/h11,16H,1-10,14H2. The molecule has 1 aliphatic heterocycles. The Morgan fingerprint density at radius 2 is 2.00 bits per heavy atom. The lowest BCUT2D eigenvalue weighted by molar-refractivity contribution is -0.136. The van der Waals surface area contributed by atoms with Crippen LogP contribution in [0.15, 0.2) is 0 Å². The highest BCUT2D eigenvalue weighted by Gasteiger charge is 2.38. The minimum Gasteiger partial charge on any atom is -0.396 e. The first-order valence-corrected chi connectivity index (χ1v) is 6.78. The van der Waals surface area contributed by atoms with Crippen molar-refractivity contribution >= 4 is 5.91 Å². The fraction of sp³-hybridized carbons (Fsp3) is 0.923. The second-order valence-electron chi connectivity index (χ2n) is 5.74. The van der Waals surface area contributed by atoms with E-state index >= 15 is 0 Å². The minimum absolute atomic E-state index is 0.116. The molecule has 4 nitrogen and oxygen atoms in total. The maximum atomic E-state index is 12.2. The molecular weight excluding hydrogens is 216 g/mol. The van der Waals surface area contributed by atoms with Crippen molar-refractivity contribution in [2.75, 3.05) is 26.2 Å². The van der Waals surface area contributed by atoms with Crippen LogP contribution in [0, 0.1) is 11.3 Å². The summed E-state index contributed by atoms with van der Waals surface area (Å²) in [6.45, 7) is 2.52. The first kappa shape index (κ1) is 12.8. The Bertz CT molecular complexity index is 263. The number of piperidine rings is 1. The van der Waals surface area contributed by atoms with E-state index in [0.717, 1.165) is 38.8 Å². The number of carbonyl (C=O) groups is 1. The molecular formula is C13H24N2O2. The zero-order valence-corrected chi connectivity index (χ0v) is 10.5. The number of carbonyl (C=O) groups excluding carboxylic acids is 1. The van der Waals surface area contributed by atoms with E-state index in [1.54, 1.807) is 0 Å². The highest BCUT2D eigenvalue weighted by molar-refractivity contribution is 5.77. The van der Waals surface area contributed by atoms with Crippen LogP contribution >= 0.6 is 0 Å². The third-order valence-corrected chi connectivity index (χ3v) is 4.60. The van der Waals surface area contributed by atoms with Crippen molar-refractivity contribution in [3.63, 3.8) is 0 Å². The molecule has 2 fully saturated rings. The van der Waals surface area contributed by atoms with Crippen LogP contribution in [-0.4, -0.2) is 42.2 Å². The summed E-state index contributed by atoms with van der Waals surface area (Å²) < 4.78 is 0. The zero-order valence-electron chi connectivity index (χ0n) is 10.5. The highest BCUT2D eigenvalue weighted by atomic mass is 16.3. The summed E-state index contributed by atoms with van der Waals surface area (Å²) in [6.07, 6.45) is 5.96. The normalized spacial score (nSPS) is 24.5. The SMILES string of the molecule is NCC1(CC(=O)N2CCC(CO)CC2)CCC1. The monoisotopic (exact) mass is 240 g/mol. The number of likely N-dealkylation sites (tertiary alicyclic amines) is 1. The van der Waals surface area contributed by atoms with E-state index in [2.05, 4.69) is 0 Å². The van der Waals surface area contributed by atoms with Crippen LogP contribution in [0.1, 0.15) is 38.5 Å². The number of amides is 1. The number of aliphatic hydroxyl groups is 1. The van der Waals surface area contributed by atoms with E-state index in [-0.39, 0.29) is 17.9 Å². The Morgan fingerprint density at radius 3 is 2.41 bits per heavy atom. The summed E-state index contributed by atoms with van der Waals surface area (Å²) in [5, 5.41) is 9.07. The first-order valence-electron chi connectivity index (χ1n) is 6.78. The molecule has 1 saturated heterocycles. The fourth-order valence-corrected chi connectivity index (χ4v) is 2.93. The van der Waals surface area contributed by atoms with Gasteiger partial charge in [0, 0.05) is 26.1 Å². The van der Waals surface area contributed by atoms with Crippen molar-refractivity contribution < 1.29 is 9.90 Å². The van der Waals surface area contributed by atoms with Crippen LogP contribution in [0.2, 0.25) is 0 Å². The Kier molecular flexibility index (Phi) is 4.05. The average molecular weight is 240 g/mol. The molecule has 0 aromatic heterocycles. The molecule has 1 aliphatic carbocycles. The molecule has 2 rings (SSSR count). The van der Waals surface area contributed by atoms with E-state index in [0.29, 0.717) is 18.9 Å². The second kappa shape index (κ2) is 5.36. The highest BCUT2D eigenvalue weighted by Crippen LogP contribution is 2.43. The molecule has 98 valence electrons. The largest absolute Gasteiger partial charge is 0.396 e. The third kappa shape index (κ3) is 2.80. The van der Waals surface area contributed by atoms with Crippen molar-refractivity contribution in [2.45, 2.75) is 38.5 Å². The zero-order chi connectivity index (χ0) is 12.3. The molecule has 0 aromatic carbocycles. The quantitative estimate of drug-likeness (QED) is 0.761. The molecule has 0 aromatic rings. The fourth-order valence-electron chi connectivity index (χ4n) is 2.93. The van der Waals surface area contributed by atoms with E-state index < -0.39 is 0 Å². The molecule has 17 heavy (non-hydrogen) atoms. The first-order chi connectivity index (χ1) is 8.19. The van der Waals surface area contributed by atoms with Crippen molar-refractivity contribution in [1.82, 2.24) is 4.90 Å². The van der Waals surface area contributed by atoms with E-state index in [1.165, 1.54) is 6.42 Å². The number of rotatable bonds is 4. The molecule has 3 N–H and O–H groups in total. The van der Waals surface area contributed by atoms with Crippen molar-refractivity contribution in [2.24, 2.45) is 17.1 Å². The number of hydrogen-bond donors (Lipinski definition) is 2. The Hall–Kier alpha value is -0.610. The van der Waals surface area contributed by atoms with Gasteiger partial charge < -0.3 is 15.7 Å². The lowest BCUT2D eigenvalue weighted by Crippen LogP contribution is -2.45. The summed E-state index contributed by atoms with van der Waals surface area (Å²) in [5.41, 5.74) is 5.90. The van der Waals surface area contributed by atoms with Crippen LogP contribution in [-0.2, 0) is 4.79 Å². The number of hydrogen-bond acceptors (Lipinski definition) is 3. The van der Waals surface area contributed by atoms with Gasteiger partial charge in [-0.3, -0.25) is 4.79 Å². The van der Waals surface area contributed by atoms with Gasteiger partial charge in [0.15, 0.2) is 0 Å². The average Bonchev–Trinajstić information content (AvgIpc) is 2.33. The van der Waals surface area contributed by atoms with Gasteiger partial charge in [0.1, 0.15) is 0 Å². The van der Waals surface area contributed by atoms with Crippen LogP contribution in [0.5, 0.6) is 0 Å². The second-order valence-corrected chi connectivity index (χ2v) is 5.74. The van der Waals surface area contributed by atoms with Gasteiger partial charge in [-0.1, -0.05) is 6.42 Å². The molecule has 0 unspecified atom stereocenters. The van der Waals surface area contributed by atoms with Gasteiger partial charge in [-0.15, -0.1) is 0 Å². The number of nitrogens with two attached hydrogens (primary N) is 1. The summed E-state index contributed by atoms with van der Waals surface area (Å²) in [6, 6.07) is 0. The predicted octanol–water partition coefficient (Wildman–Crippen LogP) is 0.736. The molecule has 0 spiro atoms. The van der Waals surface area contributed by atoms with E-state index in [9.17, 15) is 4.79 Å². The maximum absolute atomic E-state index is 12.2.